The molecule has 0 radical (unpaired) electrons. The van der Waals surface area contributed by atoms with Crippen LogP contribution in [0.2, 0.25) is 5.02 Å². The summed E-state index contributed by atoms with van der Waals surface area (Å²) in [5, 5.41) is 4.54. The van der Waals surface area contributed by atoms with Crippen LogP contribution in [-0.4, -0.2) is 15.0 Å². The Morgan fingerprint density at radius 2 is 2.06 bits per heavy atom. The molecule has 0 fully saturated rings. The fourth-order valence-corrected chi connectivity index (χ4v) is 1.60. The highest BCUT2D eigenvalue weighted by Gasteiger charge is 2.10. The van der Waals surface area contributed by atoms with E-state index in [-0.39, 0.29) is 16.5 Å². The van der Waals surface area contributed by atoms with Crippen molar-refractivity contribution in [3.8, 4) is 5.75 Å². The Kier molecular flexibility index (Phi) is 3.89. The lowest BCUT2D eigenvalue weighted by Gasteiger charge is -2.08. The number of alkyl halides is 2. The van der Waals surface area contributed by atoms with Crippen molar-refractivity contribution in [3.63, 3.8) is 0 Å². The molecule has 0 amide bonds. The molecule has 0 atom stereocenters. The van der Waals surface area contributed by atoms with Gasteiger partial charge in [0.05, 0.1) is 10.7 Å². The number of nitrogens with one attached hydrogen (secondary N) is 1. The standard InChI is InChI=1S/C7H7ClF2N2O3S/c8-5-3-4(12-16(11,13)14)1-2-6(5)15-7(9)10/h1-3,7,12H,(H2,11,13,14). The van der Waals surface area contributed by atoms with Crippen LogP contribution in [-0.2, 0) is 10.2 Å². The van der Waals surface area contributed by atoms with E-state index in [1.165, 1.54) is 6.07 Å². The van der Waals surface area contributed by atoms with Crippen LogP contribution in [0.4, 0.5) is 14.5 Å². The monoisotopic (exact) mass is 272 g/mol. The first-order valence-corrected chi connectivity index (χ1v) is 5.75. The van der Waals surface area contributed by atoms with Crippen LogP contribution in [0.25, 0.3) is 0 Å². The zero-order chi connectivity index (χ0) is 12.3. The Balaban J connectivity index is 2.91. The highest BCUT2D eigenvalue weighted by atomic mass is 35.5. The molecule has 0 aliphatic heterocycles. The Labute approximate surface area is 95.3 Å². The summed E-state index contributed by atoms with van der Waals surface area (Å²) in [6.07, 6.45) is 0. The van der Waals surface area contributed by atoms with Gasteiger partial charge in [0.1, 0.15) is 5.75 Å². The third-order valence-corrected chi connectivity index (χ3v) is 2.22. The maximum absolute atomic E-state index is 11.9. The molecule has 0 bridgehead atoms. The first-order valence-electron chi connectivity index (χ1n) is 3.83. The van der Waals surface area contributed by atoms with Crippen molar-refractivity contribution in [3.05, 3.63) is 23.2 Å². The number of halogens is 3. The fourth-order valence-electron chi connectivity index (χ4n) is 0.920. The average molecular weight is 273 g/mol. The molecule has 3 N–H and O–H groups in total. The van der Waals surface area contributed by atoms with E-state index in [1.54, 1.807) is 0 Å². The summed E-state index contributed by atoms with van der Waals surface area (Å²) in [7, 11) is -3.93. The van der Waals surface area contributed by atoms with Gasteiger partial charge in [-0.3, -0.25) is 4.72 Å². The van der Waals surface area contributed by atoms with Gasteiger partial charge in [-0.25, -0.2) is 5.14 Å². The van der Waals surface area contributed by atoms with Crippen LogP contribution in [0.3, 0.4) is 0 Å². The van der Waals surface area contributed by atoms with Gasteiger partial charge in [0.2, 0.25) is 0 Å². The molecule has 0 aliphatic carbocycles. The maximum Gasteiger partial charge on any atom is 0.387 e. The summed E-state index contributed by atoms with van der Waals surface area (Å²) in [6, 6.07) is 3.39. The SMILES string of the molecule is NS(=O)(=O)Nc1ccc(OC(F)F)c(Cl)c1. The molecule has 0 spiro atoms. The second-order valence-corrected chi connectivity index (χ2v) is 4.37. The topological polar surface area (TPSA) is 81.4 Å². The number of rotatable bonds is 4. The van der Waals surface area contributed by atoms with E-state index < -0.39 is 16.8 Å². The summed E-state index contributed by atoms with van der Waals surface area (Å²) >= 11 is 5.57. The lowest BCUT2D eigenvalue weighted by Crippen LogP contribution is -2.21. The fraction of sp³-hybridized carbons (Fsp3) is 0.143. The van der Waals surface area contributed by atoms with E-state index in [0.717, 1.165) is 12.1 Å². The van der Waals surface area contributed by atoms with E-state index in [1.807, 2.05) is 4.72 Å². The van der Waals surface area contributed by atoms with E-state index in [4.69, 9.17) is 16.7 Å². The van der Waals surface area contributed by atoms with Crippen molar-refractivity contribution in [1.29, 1.82) is 0 Å². The smallest absolute Gasteiger partial charge is 0.387 e. The van der Waals surface area contributed by atoms with Crippen molar-refractivity contribution >= 4 is 27.5 Å². The number of ether oxygens (including phenoxy) is 1. The van der Waals surface area contributed by atoms with Gasteiger partial charge in [0, 0.05) is 0 Å². The van der Waals surface area contributed by atoms with Crippen LogP contribution < -0.4 is 14.6 Å². The van der Waals surface area contributed by atoms with Crippen LogP contribution >= 0.6 is 11.6 Å². The molecule has 0 aliphatic rings. The number of nitrogens with two attached hydrogens (primary N) is 1. The number of anilines is 1. The van der Waals surface area contributed by atoms with E-state index in [9.17, 15) is 17.2 Å². The Morgan fingerprint density at radius 3 is 2.50 bits per heavy atom. The number of benzene rings is 1. The molecule has 16 heavy (non-hydrogen) atoms. The van der Waals surface area contributed by atoms with Gasteiger partial charge in [-0.2, -0.15) is 17.2 Å². The maximum atomic E-state index is 11.9. The second kappa shape index (κ2) is 4.81. The largest absolute Gasteiger partial charge is 0.433 e. The van der Waals surface area contributed by atoms with Crippen LogP contribution in [0.5, 0.6) is 5.75 Å². The Hall–Kier alpha value is -1.12. The minimum Gasteiger partial charge on any atom is -0.433 e. The first kappa shape index (κ1) is 12.9. The summed E-state index contributed by atoms with van der Waals surface area (Å²) in [5.74, 6) is -0.253. The molecule has 1 aromatic rings. The molecule has 0 saturated carbocycles. The first-order chi connectivity index (χ1) is 7.28. The summed E-state index contributed by atoms with van der Waals surface area (Å²) in [4.78, 5) is 0. The molecule has 9 heteroatoms. The van der Waals surface area contributed by atoms with Crippen molar-refractivity contribution in [1.82, 2.24) is 0 Å². The number of hydrogen-bond donors (Lipinski definition) is 2. The molecule has 0 heterocycles. The zero-order valence-corrected chi connectivity index (χ0v) is 9.23. The lowest BCUT2D eigenvalue weighted by atomic mass is 10.3. The lowest BCUT2D eigenvalue weighted by molar-refractivity contribution is -0.0497. The summed E-state index contributed by atoms with van der Waals surface area (Å²) in [6.45, 7) is -3.01. The molecule has 1 aromatic carbocycles. The van der Waals surface area contributed by atoms with Crippen molar-refractivity contribution in [2.75, 3.05) is 4.72 Å². The Morgan fingerprint density at radius 1 is 1.44 bits per heavy atom. The van der Waals surface area contributed by atoms with Crippen molar-refractivity contribution in [2.45, 2.75) is 6.61 Å². The van der Waals surface area contributed by atoms with E-state index in [2.05, 4.69) is 4.74 Å². The highest BCUT2D eigenvalue weighted by molar-refractivity contribution is 7.90. The van der Waals surface area contributed by atoms with E-state index >= 15 is 0 Å². The van der Waals surface area contributed by atoms with Gasteiger partial charge in [-0.15, -0.1) is 0 Å². The van der Waals surface area contributed by atoms with Gasteiger partial charge < -0.3 is 4.74 Å². The van der Waals surface area contributed by atoms with Gasteiger partial charge in [0.25, 0.3) is 10.2 Å². The molecular weight excluding hydrogens is 266 g/mol. The summed E-state index contributed by atoms with van der Waals surface area (Å²) < 4.78 is 51.0. The molecule has 0 aromatic heterocycles. The number of hydrogen-bond acceptors (Lipinski definition) is 3. The Bertz CT molecular complexity index is 481. The molecule has 0 saturated heterocycles. The minimum atomic E-state index is -3.93. The van der Waals surface area contributed by atoms with Crippen molar-refractivity contribution < 1.29 is 21.9 Å². The third-order valence-electron chi connectivity index (χ3n) is 1.41. The molecule has 90 valence electrons. The molecular formula is C7H7ClF2N2O3S. The molecule has 1 rings (SSSR count). The normalized spacial score (nSPS) is 11.6. The molecule has 5 nitrogen and oxygen atoms in total. The zero-order valence-electron chi connectivity index (χ0n) is 7.65. The van der Waals surface area contributed by atoms with Crippen molar-refractivity contribution in [2.24, 2.45) is 5.14 Å². The minimum absolute atomic E-state index is 0.0501. The summed E-state index contributed by atoms with van der Waals surface area (Å²) in [5.41, 5.74) is 0.0501. The highest BCUT2D eigenvalue weighted by Crippen LogP contribution is 2.28. The van der Waals surface area contributed by atoms with Gasteiger partial charge in [0.15, 0.2) is 0 Å². The van der Waals surface area contributed by atoms with Gasteiger partial charge >= 0.3 is 6.61 Å². The second-order valence-electron chi connectivity index (χ2n) is 2.67. The third kappa shape index (κ3) is 4.17. The average Bonchev–Trinajstić information content (AvgIpc) is 2.06. The van der Waals surface area contributed by atoms with Gasteiger partial charge in [-0.05, 0) is 18.2 Å². The van der Waals surface area contributed by atoms with Crippen LogP contribution in [0.1, 0.15) is 0 Å². The van der Waals surface area contributed by atoms with Crippen LogP contribution in [0.15, 0.2) is 18.2 Å². The predicted molar refractivity (Wildman–Crippen MR) is 54.8 cm³/mol. The van der Waals surface area contributed by atoms with Gasteiger partial charge in [-0.1, -0.05) is 11.6 Å². The predicted octanol–water partition coefficient (Wildman–Crippen LogP) is 1.56. The van der Waals surface area contributed by atoms with Crippen LogP contribution in [0, 0.1) is 0 Å². The quantitative estimate of drug-likeness (QED) is 0.873. The van der Waals surface area contributed by atoms with E-state index in [0.29, 0.717) is 0 Å². The molecule has 0 unspecified atom stereocenters.